The Hall–Kier alpha value is -2.70. The van der Waals surface area contributed by atoms with Gasteiger partial charge in [-0.3, -0.25) is 9.59 Å². The van der Waals surface area contributed by atoms with Gasteiger partial charge in [0.15, 0.2) is 0 Å². The van der Waals surface area contributed by atoms with Crippen molar-refractivity contribution in [2.75, 3.05) is 0 Å². The smallest absolute Gasteiger partial charge is 0.310 e. The summed E-state index contributed by atoms with van der Waals surface area (Å²) < 4.78 is 26.1. The molecule has 5 rings (SSSR count). The molecule has 0 aromatic heterocycles. The summed E-state index contributed by atoms with van der Waals surface area (Å²) in [7, 11) is 0. The highest BCUT2D eigenvalue weighted by atomic mass is 16.6. The lowest BCUT2D eigenvalue weighted by atomic mass is 9.74. The normalized spacial score (nSPS) is 32.6. The Morgan fingerprint density at radius 3 is 1.29 bits per heavy atom. The van der Waals surface area contributed by atoms with Gasteiger partial charge in [-0.2, -0.15) is 0 Å². The summed E-state index contributed by atoms with van der Waals surface area (Å²) in [6, 6.07) is 20.2. The summed E-state index contributed by atoms with van der Waals surface area (Å²) >= 11 is 0. The van der Waals surface area contributed by atoms with Gasteiger partial charge in [-0.05, 0) is 85.2 Å². The average Bonchev–Trinajstić information content (AvgIpc) is 3.07. The number of esters is 2. The van der Waals surface area contributed by atoms with Crippen LogP contribution in [0, 0.1) is 47.3 Å². The topological polar surface area (TPSA) is 71.1 Å². The molecule has 0 unspecified atom stereocenters. The minimum absolute atomic E-state index is 0.141. The first-order chi connectivity index (χ1) is 23.1. The Morgan fingerprint density at radius 2 is 0.938 bits per heavy atom. The van der Waals surface area contributed by atoms with Gasteiger partial charge in [0.25, 0.3) is 0 Å². The Balaban J connectivity index is 1.41. The van der Waals surface area contributed by atoms with Crippen LogP contribution in [0.25, 0.3) is 0 Å². The second-order valence-corrected chi connectivity index (χ2v) is 16.0. The molecule has 0 heterocycles. The van der Waals surface area contributed by atoms with Crippen molar-refractivity contribution in [1.29, 1.82) is 0 Å². The van der Waals surface area contributed by atoms with E-state index in [1.54, 1.807) is 0 Å². The lowest BCUT2D eigenvalue weighted by Gasteiger charge is -2.42. The van der Waals surface area contributed by atoms with Gasteiger partial charge in [-0.25, -0.2) is 0 Å². The SMILES string of the molecule is CC(C)[C@H]1CC[C@H](C)C[C@@H]1OC(=O)[C@@H]1C[C@@H](OCc2ccccc2)[C@H](OCc2ccccc2)C[C@H]1C(=O)O[C@H]1C[C@@H](C)CC[C@@H]1C(C)C. The van der Waals surface area contributed by atoms with Gasteiger partial charge >= 0.3 is 11.9 Å². The molecule has 264 valence electrons. The molecule has 0 aliphatic heterocycles. The first kappa shape index (κ1) is 36.6. The highest BCUT2D eigenvalue weighted by Gasteiger charge is 2.49. The standard InChI is InChI=1S/C42H60O6/c1-27(2)33-19-17-29(5)21-37(33)47-41(43)35-23-39(45-25-31-13-9-7-10-14-31)40(46-26-32-15-11-8-12-16-32)24-36(35)42(44)48-38-22-30(6)18-20-34(38)28(3)4/h7-16,27-30,33-40H,17-26H2,1-6H3/t29-,30-,33+,34+,35+,36+,37-,38-,39+,40+/m0/s1. The summed E-state index contributed by atoms with van der Waals surface area (Å²) in [6.07, 6.45) is 5.83. The maximum Gasteiger partial charge on any atom is 0.310 e. The van der Waals surface area contributed by atoms with E-state index in [0.29, 0.717) is 61.6 Å². The van der Waals surface area contributed by atoms with Crippen LogP contribution < -0.4 is 0 Å². The number of ether oxygens (including phenoxy) is 4. The fourth-order valence-electron chi connectivity index (χ4n) is 8.53. The zero-order chi connectivity index (χ0) is 34.2. The maximum atomic E-state index is 14.4. The third kappa shape index (κ3) is 9.72. The van der Waals surface area contributed by atoms with Crippen LogP contribution in [0.3, 0.4) is 0 Å². The van der Waals surface area contributed by atoms with E-state index in [-0.39, 0.29) is 36.4 Å². The van der Waals surface area contributed by atoms with Gasteiger partial charge in [0, 0.05) is 0 Å². The van der Waals surface area contributed by atoms with Gasteiger partial charge in [-0.1, -0.05) is 115 Å². The number of rotatable bonds is 12. The van der Waals surface area contributed by atoms with E-state index in [2.05, 4.69) is 41.5 Å². The fourth-order valence-corrected chi connectivity index (χ4v) is 8.53. The molecule has 0 spiro atoms. The third-order valence-corrected chi connectivity index (χ3v) is 11.5. The Labute approximate surface area is 289 Å². The lowest BCUT2D eigenvalue weighted by Crippen LogP contribution is -2.50. The van der Waals surface area contributed by atoms with Crippen molar-refractivity contribution in [3.63, 3.8) is 0 Å². The maximum absolute atomic E-state index is 14.4. The van der Waals surface area contributed by atoms with Gasteiger partial charge in [0.05, 0.1) is 37.3 Å². The molecule has 6 nitrogen and oxygen atoms in total. The van der Waals surface area contributed by atoms with Crippen LogP contribution in [-0.4, -0.2) is 36.4 Å². The zero-order valence-corrected chi connectivity index (χ0v) is 30.2. The molecular weight excluding hydrogens is 600 g/mol. The molecule has 6 heteroatoms. The van der Waals surface area contributed by atoms with Gasteiger partial charge in [0.2, 0.25) is 0 Å². The minimum atomic E-state index is -0.654. The van der Waals surface area contributed by atoms with Crippen LogP contribution in [0.2, 0.25) is 0 Å². The van der Waals surface area contributed by atoms with Crippen molar-refractivity contribution >= 4 is 11.9 Å². The monoisotopic (exact) mass is 660 g/mol. The highest BCUT2D eigenvalue weighted by Crippen LogP contribution is 2.42. The molecule has 3 aliphatic carbocycles. The summed E-state index contributed by atoms with van der Waals surface area (Å²) in [5.41, 5.74) is 2.11. The van der Waals surface area contributed by atoms with E-state index < -0.39 is 11.8 Å². The van der Waals surface area contributed by atoms with Crippen molar-refractivity contribution in [2.24, 2.45) is 47.3 Å². The summed E-state index contributed by atoms with van der Waals surface area (Å²) in [5.74, 6) is 0.610. The molecular formula is C42H60O6. The molecule has 0 N–H and O–H groups in total. The largest absolute Gasteiger partial charge is 0.462 e. The highest BCUT2D eigenvalue weighted by molar-refractivity contribution is 5.82. The fraction of sp³-hybridized carbons (Fsp3) is 0.667. The number of benzene rings is 2. The quantitative estimate of drug-likeness (QED) is 0.212. The van der Waals surface area contributed by atoms with E-state index in [1.165, 1.54) is 0 Å². The molecule has 0 bridgehead atoms. The van der Waals surface area contributed by atoms with E-state index in [1.807, 2.05) is 60.7 Å². The Bertz CT molecular complexity index is 1180. The van der Waals surface area contributed by atoms with E-state index in [9.17, 15) is 9.59 Å². The number of carbonyl (C=O) groups is 2. The third-order valence-electron chi connectivity index (χ3n) is 11.5. The van der Waals surface area contributed by atoms with E-state index >= 15 is 0 Å². The van der Waals surface area contributed by atoms with Crippen LogP contribution >= 0.6 is 0 Å². The second-order valence-electron chi connectivity index (χ2n) is 16.0. The van der Waals surface area contributed by atoms with Gasteiger partial charge in [-0.15, -0.1) is 0 Å². The predicted molar refractivity (Wildman–Crippen MR) is 189 cm³/mol. The molecule has 0 amide bonds. The molecule has 3 aliphatic rings. The van der Waals surface area contributed by atoms with Crippen LogP contribution in [0.1, 0.15) is 104 Å². The van der Waals surface area contributed by atoms with Crippen LogP contribution in [0.15, 0.2) is 60.7 Å². The van der Waals surface area contributed by atoms with Crippen molar-refractivity contribution in [3.8, 4) is 0 Å². The average molecular weight is 661 g/mol. The van der Waals surface area contributed by atoms with Gasteiger partial charge < -0.3 is 18.9 Å². The lowest BCUT2D eigenvalue weighted by molar-refractivity contribution is -0.188. The van der Waals surface area contributed by atoms with Crippen molar-refractivity contribution in [3.05, 3.63) is 71.8 Å². The second kappa shape index (κ2) is 17.3. The van der Waals surface area contributed by atoms with Crippen LogP contribution in [-0.2, 0) is 41.8 Å². The molecule has 48 heavy (non-hydrogen) atoms. The van der Waals surface area contributed by atoms with Crippen molar-refractivity contribution in [2.45, 2.75) is 131 Å². The van der Waals surface area contributed by atoms with Crippen molar-refractivity contribution < 1.29 is 28.5 Å². The number of carbonyl (C=O) groups excluding carboxylic acids is 2. The first-order valence-corrected chi connectivity index (χ1v) is 18.8. The van der Waals surface area contributed by atoms with E-state index in [4.69, 9.17) is 18.9 Å². The molecule has 3 fully saturated rings. The number of hydrogen-bond donors (Lipinski definition) is 0. The molecule has 10 atom stereocenters. The van der Waals surface area contributed by atoms with Crippen LogP contribution in [0.4, 0.5) is 0 Å². The first-order valence-electron chi connectivity index (χ1n) is 18.8. The van der Waals surface area contributed by atoms with E-state index in [0.717, 1.165) is 49.7 Å². The molecule has 2 aromatic carbocycles. The molecule has 0 radical (unpaired) electrons. The summed E-state index contributed by atoms with van der Waals surface area (Å²) in [4.78, 5) is 28.7. The molecule has 2 aromatic rings. The Kier molecular flexibility index (Phi) is 13.2. The Morgan fingerprint density at radius 1 is 0.562 bits per heavy atom. The summed E-state index contributed by atoms with van der Waals surface area (Å²) in [5, 5.41) is 0. The van der Waals surface area contributed by atoms with Crippen molar-refractivity contribution in [1.82, 2.24) is 0 Å². The molecule has 3 saturated carbocycles. The minimum Gasteiger partial charge on any atom is -0.462 e. The summed E-state index contributed by atoms with van der Waals surface area (Å²) in [6.45, 7) is 14.2. The van der Waals surface area contributed by atoms with Gasteiger partial charge in [0.1, 0.15) is 12.2 Å². The van der Waals surface area contributed by atoms with Crippen LogP contribution in [0.5, 0.6) is 0 Å². The number of hydrogen-bond acceptors (Lipinski definition) is 6. The predicted octanol–water partition coefficient (Wildman–Crippen LogP) is 9.19. The molecule has 0 saturated heterocycles. The zero-order valence-electron chi connectivity index (χ0n) is 30.2.